The summed E-state index contributed by atoms with van der Waals surface area (Å²) in [7, 11) is 0. The van der Waals surface area contributed by atoms with Crippen molar-refractivity contribution in [1.29, 1.82) is 0 Å². The standard InChI is InChI=1S/C28H32N2O5/c31-26(30-14-6-8-19(16-30)27(32)33)15-18-7-5-13-25(18)29-28(34)35-17-24-22-11-3-1-9-20(22)21-10-2-4-12-23(21)24/h1-4,9-12,18-19,24-25H,5-8,13-17H2,(H,29,34)(H,32,33)/t18?,19-,25?/m1/s1. The maximum Gasteiger partial charge on any atom is 0.407 e. The quantitative estimate of drug-likeness (QED) is 0.644. The van der Waals surface area contributed by atoms with Crippen molar-refractivity contribution in [2.24, 2.45) is 11.8 Å². The number of benzene rings is 2. The first kappa shape index (κ1) is 23.4. The molecule has 0 radical (unpaired) electrons. The first-order valence-corrected chi connectivity index (χ1v) is 12.6. The van der Waals surface area contributed by atoms with E-state index in [1.165, 1.54) is 22.3 Å². The lowest BCUT2D eigenvalue weighted by Crippen LogP contribution is -2.44. The molecule has 184 valence electrons. The number of piperidine rings is 1. The Kier molecular flexibility index (Phi) is 6.75. The third-order valence-electron chi connectivity index (χ3n) is 7.87. The van der Waals surface area contributed by atoms with Crippen LogP contribution in [0.1, 0.15) is 55.6 Å². The lowest BCUT2D eigenvalue weighted by Gasteiger charge is -2.32. The van der Waals surface area contributed by atoms with Crippen LogP contribution < -0.4 is 5.32 Å². The highest BCUT2D eigenvalue weighted by molar-refractivity contribution is 5.80. The van der Waals surface area contributed by atoms with Gasteiger partial charge < -0.3 is 20.1 Å². The average molecular weight is 477 g/mol. The van der Waals surface area contributed by atoms with Crippen LogP contribution in [0.2, 0.25) is 0 Å². The lowest BCUT2D eigenvalue weighted by atomic mass is 9.95. The number of alkyl carbamates (subject to hydrolysis) is 1. The number of aliphatic carboxylic acids is 1. The predicted octanol–water partition coefficient (Wildman–Crippen LogP) is 4.41. The molecule has 2 aromatic rings. The van der Waals surface area contributed by atoms with Gasteiger partial charge in [0.1, 0.15) is 6.61 Å². The maximum absolute atomic E-state index is 12.9. The molecule has 2 aliphatic carbocycles. The maximum atomic E-state index is 12.9. The van der Waals surface area contributed by atoms with Gasteiger partial charge in [-0.1, -0.05) is 55.0 Å². The summed E-state index contributed by atoms with van der Waals surface area (Å²) < 4.78 is 5.70. The molecule has 5 rings (SSSR count). The fourth-order valence-corrected chi connectivity index (χ4v) is 6.02. The first-order chi connectivity index (χ1) is 17.0. The van der Waals surface area contributed by atoms with Gasteiger partial charge in [0.05, 0.1) is 5.92 Å². The van der Waals surface area contributed by atoms with Gasteiger partial charge in [0, 0.05) is 31.5 Å². The van der Waals surface area contributed by atoms with Crippen molar-refractivity contribution < 1.29 is 24.2 Å². The number of hydrogen-bond donors (Lipinski definition) is 2. The van der Waals surface area contributed by atoms with E-state index in [-0.39, 0.29) is 36.9 Å². The van der Waals surface area contributed by atoms with E-state index < -0.39 is 18.0 Å². The number of carbonyl (C=O) groups excluding carboxylic acids is 2. The second-order valence-corrected chi connectivity index (χ2v) is 9.99. The van der Waals surface area contributed by atoms with Crippen molar-refractivity contribution in [1.82, 2.24) is 10.2 Å². The Labute approximate surface area is 205 Å². The zero-order valence-corrected chi connectivity index (χ0v) is 19.8. The van der Waals surface area contributed by atoms with Gasteiger partial charge in [-0.3, -0.25) is 9.59 Å². The third-order valence-corrected chi connectivity index (χ3v) is 7.87. The first-order valence-electron chi connectivity index (χ1n) is 12.6. The Hall–Kier alpha value is -3.35. The Morgan fingerprint density at radius 3 is 2.31 bits per heavy atom. The summed E-state index contributed by atoms with van der Waals surface area (Å²) in [5.41, 5.74) is 4.72. The molecule has 1 aliphatic heterocycles. The van der Waals surface area contributed by atoms with E-state index in [0.29, 0.717) is 19.4 Å². The van der Waals surface area contributed by atoms with E-state index in [1.54, 1.807) is 4.90 Å². The van der Waals surface area contributed by atoms with E-state index in [4.69, 9.17) is 4.74 Å². The zero-order chi connectivity index (χ0) is 24.4. The summed E-state index contributed by atoms with van der Waals surface area (Å²) in [5, 5.41) is 12.3. The number of carboxylic acid groups (broad SMARTS) is 1. The fraction of sp³-hybridized carbons (Fsp3) is 0.464. The molecule has 0 spiro atoms. The summed E-state index contributed by atoms with van der Waals surface area (Å²) in [6, 6.07) is 16.4. The second-order valence-electron chi connectivity index (χ2n) is 9.99. The minimum Gasteiger partial charge on any atom is -0.481 e. The van der Waals surface area contributed by atoms with E-state index in [0.717, 1.165) is 25.7 Å². The molecule has 0 bridgehead atoms. The largest absolute Gasteiger partial charge is 0.481 e. The number of likely N-dealkylation sites (tertiary alicyclic amines) is 1. The molecule has 7 nitrogen and oxygen atoms in total. The van der Waals surface area contributed by atoms with Gasteiger partial charge in [-0.05, 0) is 53.9 Å². The second kappa shape index (κ2) is 10.1. The highest BCUT2D eigenvalue weighted by Gasteiger charge is 2.35. The van der Waals surface area contributed by atoms with E-state index in [9.17, 15) is 19.5 Å². The third kappa shape index (κ3) is 4.90. The highest BCUT2D eigenvalue weighted by atomic mass is 16.5. The van der Waals surface area contributed by atoms with Gasteiger partial charge in [-0.15, -0.1) is 0 Å². The molecule has 7 heteroatoms. The van der Waals surface area contributed by atoms with Crippen molar-refractivity contribution in [3.8, 4) is 11.1 Å². The lowest BCUT2D eigenvalue weighted by molar-refractivity contribution is -0.145. The van der Waals surface area contributed by atoms with Gasteiger partial charge in [0.25, 0.3) is 0 Å². The molecule has 2 aromatic carbocycles. The molecule has 35 heavy (non-hydrogen) atoms. The summed E-state index contributed by atoms with van der Waals surface area (Å²) >= 11 is 0. The minimum absolute atomic E-state index is 0.00962. The van der Waals surface area contributed by atoms with Crippen LogP contribution in [-0.4, -0.2) is 53.7 Å². The summed E-state index contributed by atoms with van der Waals surface area (Å²) in [4.78, 5) is 38.6. The van der Waals surface area contributed by atoms with Crippen LogP contribution in [0.5, 0.6) is 0 Å². The Balaban J connectivity index is 1.16. The van der Waals surface area contributed by atoms with Crippen LogP contribution in [0.4, 0.5) is 4.79 Å². The molecular weight excluding hydrogens is 444 g/mol. The van der Waals surface area contributed by atoms with Gasteiger partial charge in [0.2, 0.25) is 5.91 Å². The van der Waals surface area contributed by atoms with Crippen molar-refractivity contribution in [2.75, 3.05) is 19.7 Å². The van der Waals surface area contributed by atoms with Crippen LogP contribution >= 0.6 is 0 Å². The van der Waals surface area contributed by atoms with Crippen molar-refractivity contribution in [3.63, 3.8) is 0 Å². The van der Waals surface area contributed by atoms with E-state index in [2.05, 4.69) is 29.6 Å². The Morgan fingerprint density at radius 2 is 1.63 bits per heavy atom. The van der Waals surface area contributed by atoms with Crippen LogP contribution in [-0.2, 0) is 14.3 Å². The molecule has 2 amide bonds. The molecule has 3 aliphatic rings. The van der Waals surface area contributed by atoms with Crippen LogP contribution in [0, 0.1) is 11.8 Å². The number of nitrogens with one attached hydrogen (secondary N) is 1. The molecular formula is C28H32N2O5. The van der Waals surface area contributed by atoms with Gasteiger partial charge in [-0.2, -0.15) is 0 Å². The number of hydrogen-bond acceptors (Lipinski definition) is 4. The predicted molar refractivity (Wildman–Crippen MR) is 131 cm³/mol. The number of carboxylic acids is 1. The monoisotopic (exact) mass is 476 g/mol. The van der Waals surface area contributed by atoms with Crippen molar-refractivity contribution in [2.45, 2.75) is 50.5 Å². The molecule has 2 N–H and O–H groups in total. The van der Waals surface area contributed by atoms with Crippen molar-refractivity contribution >= 4 is 18.0 Å². The number of rotatable bonds is 6. The highest BCUT2D eigenvalue weighted by Crippen LogP contribution is 2.44. The number of fused-ring (bicyclic) bond motifs is 3. The number of amides is 2. The normalized spacial score (nSPS) is 23.4. The van der Waals surface area contributed by atoms with Gasteiger partial charge in [0.15, 0.2) is 0 Å². The number of ether oxygens (including phenoxy) is 1. The molecule has 2 unspecified atom stereocenters. The SMILES string of the molecule is O=C(NC1CCCC1CC(=O)N1CCC[C@@H](C(=O)O)C1)OCC1c2ccccc2-c2ccccc21. The van der Waals surface area contributed by atoms with Gasteiger partial charge in [-0.25, -0.2) is 4.79 Å². The molecule has 0 aromatic heterocycles. The smallest absolute Gasteiger partial charge is 0.407 e. The van der Waals surface area contributed by atoms with Crippen LogP contribution in [0.25, 0.3) is 11.1 Å². The van der Waals surface area contributed by atoms with Crippen molar-refractivity contribution in [3.05, 3.63) is 59.7 Å². The van der Waals surface area contributed by atoms with Gasteiger partial charge >= 0.3 is 12.1 Å². The average Bonchev–Trinajstić information content (AvgIpc) is 3.44. The van der Waals surface area contributed by atoms with E-state index >= 15 is 0 Å². The topological polar surface area (TPSA) is 95.9 Å². The molecule has 3 atom stereocenters. The number of nitrogens with zero attached hydrogens (tertiary/aromatic N) is 1. The summed E-state index contributed by atoms with van der Waals surface area (Å²) in [5.74, 6) is -1.27. The molecule has 2 fully saturated rings. The molecule has 1 saturated carbocycles. The Morgan fingerprint density at radius 1 is 0.943 bits per heavy atom. The zero-order valence-electron chi connectivity index (χ0n) is 19.8. The Bertz CT molecular complexity index is 1070. The summed E-state index contributed by atoms with van der Waals surface area (Å²) in [6.07, 6.45) is 3.87. The summed E-state index contributed by atoms with van der Waals surface area (Å²) in [6.45, 7) is 1.16. The number of carbonyl (C=O) groups is 3. The van der Waals surface area contributed by atoms with E-state index in [1.807, 2.05) is 24.3 Å². The molecule has 1 heterocycles. The fourth-order valence-electron chi connectivity index (χ4n) is 6.02. The van der Waals surface area contributed by atoms with Crippen LogP contribution in [0.3, 0.4) is 0 Å². The molecule has 1 saturated heterocycles. The van der Waals surface area contributed by atoms with Crippen LogP contribution in [0.15, 0.2) is 48.5 Å². The minimum atomic E-state index is -0.835.